The van der Waals surface area contributed by atoms with Crippen LogP contribution in [0.3, 0.4) is 0 Å². The van der Waals surface area contributed by atoms with Gasteiger partial charge in [0.05, 0.1) is 18.2 Å². The molecule has 0 spiro atoms. The lowest BCUT2D eigenvalue weighted by atomic mass is 9.97. The number of aryl methyl sites for hydroxylation is 1. The fourth-order valence-electron chi connectivity index (χ4n) is 3.02. The lowest BCUT2D eigenvalue weighted by molar-refractivity contribution is -0.135. The van der Waals surface area contributed by atoms with E-state index in [9.17, 15) is 14.4 Å². The van der Waals surface area contributed by atoms with Gasteiger partial charge in [-0.2, -0.15) is 4.98 Å². The first-order chi connectivity index (χ1) is 12.0. The Morgan fingerprint density at radius 2 is 2.04 bits per heavy atom. The smallest absolute Gasteiger partial charge is 0.376 e. The third-order valence-corrected chi connectivity index (χ3v) is 4.52. The molecule has 0 unspecified atom stereocenters. The van der Waals surface area contributed by atoms with Crippen molar-refractivity contribution in [1.82, 2.24) is 9.88 Å². The van der Waals surface area contributed by atoms with E-state index in [-0.39, 0.29) is 42.0 Å². The van der Waals surface area contributed by atoms with Gasteiger partial charge < -0.3 is 14.1 Å². The van der Waals surface area contributed by atoms with Crippen molar-refractivity contribution in [3.05, 3.63) is 11.5 Å². The van der Waals surface area contributed by atoms with Gasteiger partial charge in [0, 0.05) is 19.0 Å². The topological polar surface area (TPSA) is 102 Å². The van der Waals surface area contributed by atoms with Crippen LogP contribution >= 0.6 is 0 Å². The molecule has 25 heavy (non-hydrogen) atoms. The second-order valence-electron chi connectivity index (χ2n) is 6.54. The summed E-state index contributed by atoms with van der Waals surface area (Å²) in [4.78, 5) is 42.2. The minimum atomic E-state index is -0.605. The average Bonchev–Trinajstić information content (AvgIpc) is 3.38. The number of piperidine rings is 1. The first kappa shape index (κ1) is 17.4. The largest absolute Gasteiger partial charge is 0.460 e. The van der Waals surface area contributed by atoms with Gasteiger partial charge in [-0.1, -0.05) is 0 Å². The molecule has 1 aliphatic heterocycles. The first-order valence-corrected chi connectivity index (χ1v) is 8.73. The lowest BCUT2D eigenvalue weighted by Gasteiger charge is -2.31. The number of ether oxygens (including phenoxy) is 1. The summed E-state index contributed by atoms with van der Waals surface area (Å²) in [5, 5.41) is 2.61. The second-order valence-corrected chi connectivity index (χ2v) is 6.54. The van der Waals surface area contributed by atoms with Crippen LogP contribution in [0.4, 0.5) is 6.01 Å². The van der Waals surface area contributed by atoms with Crippen LogP contribution in [-0.2, 0) is 14.3 Å². The molecule has 1 saturated heterocycles. The van der Waals surface area contributed by atoms with Crippen molar-refractivity contribution in [1.29, 1.82) is 0 Å². The van der Waals surface area contributed by atoms with Crippen LogP contribution in [0.15, 0.2) is 4.42 Å². The van der Waals surface area contributed by atoms with Crippen molar-refractivity contribution >= 4 is 23.8 Å². The molecule has 1 N–H and O–H groups in total. The molecule has 2 amide bonds. The number of esters is 1. The Hall–Kier alpha value is -2.38. The number of nitrogens with zero attached hydrogens (tertiary/aromatic N) is 2. The maximum Gasteiger partial charge on any atom is 0.376 e. The Morgan fingerprint density at radius 1 is 1.28 bits per heavy atom. The van der Waals surface area contributed by atoms with Crippen molar-refractivity contribution in [2.24, 2.45) is 11.8 Å². The van der Waals surface area contributed by atoms with Crippen LogP contribution in [0.2, 0.25) is 0 Å². The summed E-state index contributed by atoms with van der Waals surface area (Å²) in [7, 11) is 0. The number of carbonyl (C=O) groups is 3. The van der Waals surface area contributed by atoms with Crippen molar-refractivity contribution in [3.63, 3.8) is 0 Å². The molecule has 2 fully saturated rings. The number of aromatic nitrogens is 1. The molecule has 2 heterocycles. The average molecular weight is 349 g/mol. The van der Waals surface area contributed by atoms with E-state index in [0.29, 0.717) is 25.2 Å². The first-order valence-electron chi connectivity index (χ1n) is 8.73. The Labute approximate surface area is 145 Å². The van der Waals surface area contributed by atoms with Gasteiger partial charge in [-0.05, 0) is 39.5 Å². The standard InChI is InChI=1S/C17H23N3O5/c1-3-24-16(23)13-10(2)18-17(25-13)19-14(21)12-5-4-8-20(9-12)15(22)11-6-7-11/h11-12H,3-9H2,1-2H3,(H,18,19,21)/t12-/m1/s1. The Bertz CT molecular complexity index is 680. The lowest BCUT2D eigenvalue weighted by Crippen LogP contribution is -2.44. The number of rotatable bonds is 5. The van der Waals surface area contributed by atoms with Gasteiger partial charge in [-0.15, -0.1) is 0 Å². The van der Waals surface area contributed by atoms with Gasteiger partial charge in [0.15, 0.2) is 0 Å². The van der Waals surface area contributed by atoms with Gasteiger partial charge in [-0.25, -0.2) is 4.79 Å². The number of oxazole rings is 1. The summed E-state index contributed by atoms with van der Waals surface area (Å²) in [6, 6.07) is -0.0174. The highest BCUT2D eigenvalue weighted by atomic mass is 16.5. The number of nitrogens with one attached hydrogen (secondary N) is 1. The molecular weight excluding hydrogens is 326 g/mol. The molecule has 3 rings (SSSR count). The maximum atomic E-state index is 12.5. The molecule has 0 radical (unpaired) electrons. The van der Waals surface area contributed by atoms with Crippen molar-refractivity contribution in [2.75, 3.05) is 25.0 Å². The van der Waals surface area contributed by atoms with Gasteiger partial charge in [-0.3, -0.25) is 14.9 Å². The number of amides is 2. The molecule has 1 saturated carbocycles. The maximum absolute atomic E-state index is 12.5. The molecular formula is C17H23N3O5. The highest BCUT2D eigenvalue weighted by Gasteiger charge is 2.37. The predicted octanol–water partition coefficient (Wildman–Crippen LogP) is 1.75. The minimum absolute atomic E-state index is 0.00803. The molecule has 0 bridgehead atoms. The van der Waals surface area contributed by atoms with E-state index >= 15 is 0 Å². The summed E-state index contributed by atoms with van der Waals surface area (Å²) in [6.07, 6.45) is 3.43. The molecule has 1 atom stereocenters. The SMILES string of the molecule is CCOC(=O)c1oc(NC(=O)[C@@H]2CCCN(C(=O)C3CC3)C2)nc1C. The second kappa shape index (κ2) is 7.25. The highest BCUT2D eigenvalue weighted by Crippen LogP contribution is 2.32. The van der Waals surface area contributed by atoms with Crippen LogP contribution in [-0.4, -0.2) is 47.4 Å². The van der Waals surface area contributed by atoms with Crippen LogP contribution in [0.25, 0.3) is 0 Å². The van der Waals surface area contributed by atoms with Crippen molar-refractivity contribution in [3.8, 4) is 0 Å². The Morgan fingerprint density at radius 3 is 2.72 bits per heavy atom. The van der Waals surface area contributed by atoms with E-state index in [4.69, 9.17) is 9.15 Å². The van der Waals surface area contributed by atoms with Crippen molar-refractivity contribution in [2.45, 2.75) is 39.5 Å². The van der Waals surface area contributed by atoms with E-state index < -0.39 is 5.97 Å². The fourth-order valence-corrected chi connectivity index (χ4v) is 3.02. The van der Waals surface area contributed by atoms with Gasteiger partial charge in [0.25, 0.3) is 0 Å². The van der Waals surface area contributed by atoms with Crippen molar-refractivity contribution < 1.29 is 23.5 Å². The van der Waals surface area contributed by atoms with Crippen LogP contribution < -0.4 is 5.32 Å². The van der Waals surface area contributed by atoms with Gasteiger partial charge in [0.2, 0.25) is 17.6 Å². The fraction of sp³-hybridized carbons (Fsp3) is 0.647. The normalized spacial score (nSPS) is 20.2. The quantitative estimate of drug-likeness (QED) is 0.813. The molecule has 2 aliphatic rings. The van der Waals surface area contributed by atoms with Crippen LogP contribution in [0, 0.1) is 18.8 Å². The number of hydrogen-bond acceptors (Lipinski definition) is 6. The number of anilines is 1. The van der Waals surface area contributed by atoms with E-state index in [2.05, 4.69) is 10.3 Å². The third-order valence-electron chi connectivity index (χ3n) is 4.52. The van der Waals surface area contributed by atoms with E-state index in [1.54, 1.807) is 18.7 Å². The molecule has 1 aliphatic carbocycles. The summed E-state index contributed by atoms with van der Waals surface area (Å²) >= 11 is 0. The van der Waals surface area contributed by atoms with Gasteiger partial charge in [0.1, 0.15) is 0 Å². The molecule has 8 heteroatoms. The molecule has 0 aromatic carbocycles. The zero-order valence-electron chi connectivity index (χ0n) is 14.5. The van der Waals surface area contributed by atoms with E-state index in [0.717, 1.165) is 19.3 Å². The molecule has 8 nitrogen and oxygen atoms in total. The monoisotopic (exact) mass is 349 g/mol. The highest BCUT2D eigenvalue weighted by molar-refractivity contribution is 5.93. The number of hydrogen-bond donors (Lipinski definition) is 1. The predicted molar refractivity (Wildman–Crippen MR) is 87.9 cm³/mol. The summed E-state index contributed by atoms with van der Waals surface area (Å²) < 4.78 is 10.2. The zero-order chi connectivity index (χ0) is 18.0. The third kappa shape index (κ3) is 4.00. The van der Waals surface area contributed by atoms with E-state index in [1.807, 2.05) is 0 Å². The summed E-state index contributed by atoms with van der Waals surface area (Å²) in [5.41, 5.74) is 0.364. The Balaban J connectivity index is 1.60. The van der Waals surface area contributed by atoms with E-state index in [1.165, 1.54) is 0 Å². The zero-order valence-corrected chi connectivity index (χ0v) is 14.5. The van der Waals surface area contributed by atoms with Gasteiger partial charge >= 0.3 is 12.0 Å². The summed E-state index contributed by atoms with van der Waals surface area (Å²) in [6.45, 7) is 4.68. The molecule has 136 valence electrons. The summed E-state index contributed by atoms with van der Waals surface area (Å²) in [5.74, 6) is -0.838. The molecule has 1 aromatic heterocycles. The minimum Gasteiger partial charge on any atom is -0.460 e. The molecule has 1 aromatic rings. The Kier molecular flexibility index (Phi) is 5.06. The van der Waals surface area contributed by atoms with Crippen LogP contribution in [0.1, 0.15) is 48.9 Å². The number of likely N-dealkylation sites (tertiary alicyclic amines) is 1. The van der Waals surface area contributed by atoms with Crippen LogP contribution in [0.5, 0.6) is 0 Å². The number of carbonyl (C=O) groups excluding carboxylic acids is 3.